The SMILES string of the molecule is C=C(NCCCCCCC)C(N)Cc1cnc[nH]1. The van der Waals surface area contributed by atoms with Crippen LogP contribution in [-0.4, -0.2) is 22.6 Å². The van der Waals surface area contributed by atoms with Gasteiger partial charge in [-0.3, -0.25) is 0 Å². The summed E-state index contributed by atoms with van der Waals surface area (Å²) in [6, 6.07) is -0.0545. The van der Waals surface area contributed by atoms with Crippen molar-refractivity contribution in [2.75, 3.05) is 6.54 Å². The van der Waals surface area contributed by atoms with Crippen LogP contribution >= 0.6 is 0 Å². The highest BCUT2D eigenvalue weighted by Gasteiger charge is 2.08. The summed E-state index contributed by atoms with van der Waals surface area (Å²) in [5, 5.41) is 3.32. The van der Waals surface area contributed by atoms with Gasteiger partial charge < -0.3 is 16.0 Å². The van der Waals surface area contributed by atoms with Crippen LogP contribution in [0.5, 0.6) is 0 Å². The molecule has 18 heavy (non-hydrogen) atoms. The van der Waals surface area contributed by atoms with Crippen molar-refractivity contribution in [2.24, 2.45) is 5.73 Å². The van der Waals surface area contributed by atoms with E-state index in [0.717, 1.165) is 24.4 Å². The molecule has 0 spiro atoms. The van der Waals surface area contributed by atoms with Crippen LogP contribution in [0.1, 0.15) is 44.7 Å². The number of hydrogen-bond donors (Lipinski definition) is 3. The minimum atomic E-state index is -0.0545. The highest BCUT2D eigenvalue weighted by molar-refractivity contribution is 5.08. The number of rotatable bonds is 10. The lowest BCUT2D eigenvalue weighted by Gasteiger charge is -2.16. The van der Waals surface area contributed by atoms with Crippen LogP contribution in [0.15, 0.2) is 24.8 Å². The Labute approximate surface area is 110 Å². The lowest BCUT2D eigenvalue weighted by molar-refractivity contribution is 0.590. The topological polar surface area (TPSA) is 66.7 Å². The van der Waals surface area contributed by atoms with Crippen LogP contribution in [-0.2, 0) is 6.42 Å². The van der Waals surface area contributed by atoms with Crippen molar-refractivity contribution in [1.29, 1.82) is 0 Å². The molecule has 102 valence electrons. The Morgan fingerprint density at radius 2 is 2.22 bits per heavy atom. The molecule has 0 saturated heterocycles. The molecule has 1 atom stereocenters. The number of H-pyrrole nitrogens is 1. The summed E-state index contributed by atoms with van der Waals surface area (Å²) in [5.41, 5.74) is 8.03. The lowest BCUT2D eigenvalue weighted by Crippen LogP contribution is -2.33. The first-order valence-electron chi connectivity index (χ1n) is 6.89. The van der Waals surface area contributed by atoms with Crippen LogP contribution in [0, 0.1) is 0 Å². The molecule has 1 aromatic rings. The van der Waals surface area contributed by atoms with Gasteiger partial charge in [-0.25, -0.2) is 4.98 Å². The van der Waals surface area contributed by atoms with Gasteiger partial charge in [0.1, 0.15) is 0 Å². The molecule has 4 heteroatoms. The van der Waals surface area contributed by atoms with E-state index in [4.69, 9.17) is 5.73 Å². The van der Waals surface area contributed by atoms with Gasteiger partial charge in [-0.05, 0) is 6.42 Å². The average Bonchev–Trinajstić information content (AvgIpc) is 2.86. The molecular formula is C14H26N4. The summed E-state index contributed by atoms with van der Waals surface area (Å²) in [5.74, 6) is 0. The summed E-state index contributed by atoms with van der Waals surface area (Å²) >= 11 is 0. The van der Waals surface area contributed by atoms with Gasteiger partial charge >= 0.3 is 0 Å². The van der Waals surface area contributed by atoms with Crippen molar-refractivity contribution >= 4 is 0 Å². The summed E-state index contributed by atoms with van der Waals surface area (Å²) in [4.78, 5) is 7.03. The summed E-state index contributed by atoms with van der Waals surface area (Å²) < 4.78 is 0. The summed E-state index contributed by atoms with van der Waals surface area (Å²) in [6.07, 6.45) is 10.6. The molecule has 0 aliphatic heterocycles. The molecule has 0 saturated carbocycles. The molecule has 1 unspecified atom stereocenters. The first-order valence-corrected chi connectivity index (χ1v) is 6.89. The van der Waals surface area contributed by atoms with Gasteiger partial charge in [0, 0.05) is 36.6 Å². The van der Waals surface area contributed by atoms with Crippen molar-refractivity contribution in [3.8, 4) is 0 Å². The molecule has 0 aliphatic rings. The van der Waals surface area contributed by atoms with Gasteiger partial charge in [0.15, 0.2) is 0 Å². The van der Waals surface area contributed by atoms with Crippen molar-refractivity contribution in [2.45, 2.75) is 51.5 Å². The van der Waals surface area contributed by atoms with E-state index in [1.807, 2.05) is 0 Å². The number of imidazole rings is 1. The van der Waals surface area contributed by atoms with E-state index in [1.165, 1.54) is 32.1 Å². The fraction of sp³-hybridized carbons (Fsp3) is 0.643. The van der Waals surface area contributed by atoms with Crippen LogP contribution < -0.4 is 11.1 Å². The van der Waals surface area contributed by atoms with Gasteiger partial charge in [-0.1, -0.05) is 39.2 Å². The zero-order valence-electron chi connectivity index (χ0n) is 11.4. The Morgan fingerprint density at radius 3 is 2.89 bits per heavy atom. The van der Waals surface area contributed by atoms with Crippen molar-refractivity contribution in [3.05, 3.63) is 30.5 Å². The second-order valence-electron chi connectivity index (χ2n) is 4.75. The zero-order valence-corrected chi connectivity index (χ0v) is 11.4. The fourth-order valence-electron chi connectivity index (χ4n) is 1.87. The van der Waals surface area contributed by atoms with E-state index in [-0.39, 0.29) is 6.04 Å². The number of aromatic amines is 1. The van der Waals surface area contributed by atoms with E-state index >= 15 is 0 Å². The number of hydrogen-bond acceptors (Lipinski definition) is 3. The van der Waals surface area contributed by atoms with Crippen molar-refractivity contribution in [1.82, 2.24) is 15.3 Å². The molecule has 1 rings (SSSR count). The molecule has 1 heterocycles. The largest absolute Gasteiger partial charge is 0.388 e. The third-order valence-corrected chi connectivity index (χ3v) is 3.07. The number of nitrogens with zero attached hydrogens (tertiary/aromatic N) is 1. The van der Waals surface area contributed by atoms with Gasteiger partial charge in [0.25, 0.3) is 0 Å². The molecule has 0 fully saturated rings. The van der Waals surface area contributed by atoms with Crippen LogP contribution in [0.4, 0.5) is 0 Å². The number of nitrogens with one attached hydrogen (secondary N) is 2. The highest BCUT2D eigenvalue weighted by Crippen LogP contribution is 2.04. The lowest BCUT2D eigenvalue weighted by atomic mass is 10.1. The first-order chi connectivity index (χ1) is 8.74. The predicted molar refractivity (Wildman–Crippen MR) is 76.2 cm³/mol. The highest BCUT2D eigenvalue weighted by atomic mass is 14.9. The van der Waals surface area contributed by atoms with E-state index in [9.17, 15) is 0 Å². The van der Waals surface area contributed by atoms with Gasteiger partial charge in [-0.2, -0.15) is 0 Å². The Bertz CT molecular complexity index is 319. The Morgan fingerprint density at radius 1 is 1.44 bits per heavy atom. The summed E-state index contributed by atoms with van der Waals surface area (Å²) in [6.45, 7) is 7.20. The Hall–Kier alpha value is -1.29. The third kappa shape index (κ3) is 5.87. The maximum Gasteiger partial charge on any atom is 0.0921 e. The monoisotopic (exact) mass is 250 g/mol. The second-order valence-corrected chi connectivity index (χ2v) is 4.75. The number of unbranched alkanes of at least 4 members (excludes halogenated alkanes) is 4. The van der Waals surface area contributed by atoms with Crippen LogP contribution in [0.25, 0.3) is 0 Å². The Kier molecular flexibility index (Phi) is 7.18. The molecule has 0 bridgehead atoms. The van der Waals surface area contributed by atoms with E-state index in [2.05, 4.69) is 28.8 Å². The van der Waals surface area contributed by atoms with Gasteiger partial charge in [-0.15, -0.1) is 0 Å². The van der Waals surface area contributed by atoms with Crippen molar-refractivity contribution in [3.63, 3.8) is 0 Å². The van der Waals surface area contributed by atoms with E-state index < -0.39 is 0 Å². The van der Waals surface area contributed by atoms with Gasteiger partial charge in [0.05, 0.1) is 6.33 Å². The first kappa shape index (κ1) is 14.8. The van der Waals surface area contributed by atoms with Crippen LogP contribution in [0.2, 0.25) is 0 Å². The number of nitrogens with two attached hydrogens (primary N) is 1. The van der Waals surface area contributed by atoms with Gasteiger partial charge in [0.2, 0.25) is 0 Å². The average molecular weight is 250 g/mol. The normalized spacial score (nSPS) is 12.3. The smallest absolute Gasteiger partial charge is 0.0921 e. The molecule has 0 aliphatic carbocycles. The van der Waals surface area contributed by atoms with E-state index in [0.29, 0.717) is 0 Å². The molecule has 0 amide bonds. The van der Waals surface area contributed by atoms with E-state index in [1.54, 1.807) is 12.5 Å². The van der Waals surface area contributed by atoms with Crippen LogP contribution in [0.3, 0.4) is 0 Å². The zero-order chi connectivity index (χ0) is 13.2. The third-order valence-electron chi connectivity index (χ3n) is 3.07. The Balaban J connectivity index is 2.08. The predicted octanol–water partition coefficient (Wildman–Crippen LogP) is 2.35. The second kappa shape index (κ2) is 8.75. The molecule has 0 aromatic carbocycles. The maximum atomic E-state index is 6.06. The quantitative estimate of drug-likeness (QED) is 0.558. The van der Waals surface area contributed by atoms with Crippen molar-refractivity contribution < 1.29 is 0 Å². The minimum Gasteiger partial charge on any atom is -0.388 e. The standard InChI is InChI=1S/C14H26N4/c1-3-4-5-6-7-8-17-12(2)14(15)9-13-10-16-11-18-13/h10-11,14,17H,2-9,15H2,1H3,(H,16,18). The molecule has 0 radical (unpaired) electrons. The fourth-order valence-corrected chi connectivity index (χ4v) is 1.87. The molecule has 4 N–H and O–H groups in total. The number of aromatic nitrogens is 2. The minimum absolute atomic E-state index is 0.0545. The molecular weight excluding hydrogens is 224 g/mol. The summed E-state index contributed by atoms with van der Waals surface area (Å²) in [7, 11) is 0. The maximum absolute atomic E-state index is 6.06. The molecule has 4 nitrogen and oxygen atoms in total. The molecule has 1 aromatic heterocycles.